The Morgan fingerprint density at radius 3 is 2.78 bits per heavy atom. The maximum Gasteiger partial charge on any atom is 0.332 e. The molecule has 0 radical (unpaired) electrons. The summed E-state index contributed by atoms with van der Waals surface area (Å²) in [7, 11) is 1.51. The zero-order valence-electron chi connectivity index (χ0n) is 14.8. The largest absolute Gasteiger partial charge is 0.332 e. The van der Waals surface area contributed by atoms with E-state index in [9.17, 15) is 14.0 Å². The lowest BCUT2D eigenvalue weighted by molar-refractivity contribution is 0.581. The fourth-order valence-electron chi connectivity index (χ4n) is 3.19. The zero-order chi connectivity index (χ0) is 19.5. The Morgan fingerprint density at radius 2 is 2.07 bits per heavy atom. The molecule has 0 spiro atoms. The maximum atomic E-state index is 14.2. The third kappa shape index (κ3) is 2.49. The number of imidazole rings is 1. The molecule has 27 heavy (non-hydrogen) atoms. The molecule has 0 bridgehead atoms. The molecule has 4 rings (SSSR count). The van der Waals surface area contributed by atoms with Gasteiger partial charge in [-0.1, -0.05) is 17.7 Å². The van der Waals surface area contributed by atoms with Crippen molar-refractivity contribution in [1.82, 2.24) is 18.7 Å². The van der Waals surface area contributed by atoms with Crippen LogP contribution in [-0.2, 0) is 13.6 Å². The highest BCUT2D eigenvalue weighted by Crippen LogP contribution is 2.26. The maximum absolute atomic E-state index is 14.2. The second kappa shape index (κ2) is 6.05. The summed E-state index contributed by atoms with van der Waals surface area (Å²) in [6.07, 6.45) is 0. The molecule has 140 valence electrons. The lowest BCUT2D eigenvalue weighted by Gasteiger charge is -2.21. The molecule has 0 amide bonds. The second-order valence-corrected chi connectivity index (χ2v) is 6.86. The molecule has 1 atom stereocenters. The average molecular weight is 391 g/mol. The standard InChI is InChI=1S/C17H16ClFN6O2/c1-8-9(2)25-13-14(20-16(25)22-21-8)23(3)17(27)24(15(13)26)7-10-11(18)5-4-6-12(10)19/h4-6,9H,7H2,1-3H3,(H,20,22)/t9-/m0/s1. The van der Waals surface area contributed by atoms with Gasteiger partial charge in [0, 0.05) is 17.6 Å². The van der Waals surface area contributed by atoms with E-state index in [-0.39, 0.29) is 34.3 Å². The predicted octanol–water partition coefficient (Wildman–Crippen LogP) is 2.10. The topological polar surface area (TPSA) is 86.2 Å². The van der Waals surface area contributed by atoms with Crippen LogP contribution < -0.4 is 16.7 Å². The molecule has 0 unspecified atom stereocenters. The van der Waals surface area contributed by atoms with Gasteiger partial charge in [-0.05, 0) is 26.0 Å². The normalized spacial score (nSPS) is 16.2. The quantitative estimate of drug-likeness (QED) is 0.726. The Morgan fingerprint density at radius 1 is 1.33 bits per heavy atom. The van der Waals surface area contributed by atoms with E-state index in [4.69, 9.17) is 11.6 Å². The summed E-state index contributed by atoms with van der Waals surface area (Å²) in [6.45, 7) is 3.43. The van der Waals surface area contributed by atoms with E-state index in [2.05, 4.69) is 15.5 Å². The van der Waals surface area contributed by atoms with E-state index in [1.165, 1.54) is 29.8 Å². The molecule has 1 aliphatic heterocycles. The van der Waals surface area contributed by atoms with Crippen LogP contribution in [0.4, 0.5) is 10.3 Å². The highest BCUT2D eigenvalue weighted by molar-refractivity contribution is 6.31. The minimum absolute atomic E-state index is 0.0833. The Kier molecular flexibility index (Phi) is 3.92. The van der Waals surface area contributed by atoms with Crippen LogP contribution in [0.5, 0.6) is 0 Å². The van der Waals surface area contributed by atoms with Crippen LogP contribution in [0.15, 0.2) is 32.9 Å². The second-order valence-electron chi connectivity index (χ2n) is 6.45. The van der Waals surface area contributed by atoms with Crippen LogP contribution in [0.1, 0.15) is 25.5 Å². The van der Waals surface area contributed by atoms with Crippen molar-refractivity contribution in [2.45, 2.75) is 26.4 Å². The smallest absolute Gasteiger partial charge is 0.294 e. The van der Waals surface area contributed by atoms with Crippen molar-refractivity contribution < 1.29 is 4.39 Å². The fourth-order valence-corrected chi connectivity index (χ4v) is 3.42. The summed E-state index contributed by atoms with van der Waals surface area (Å²) in [5.74, 6) is -0.207. The van der Waals surface area contributed by atoms with Crippen LogP contribution in [0, 0.1) is 5.82 Å². The molecule has 3 heterocycles. The summed E-state index contributed by atoms with van der Waals surface area (Å²) in [6, 6.07) is 4.00. The Hall–Kier alpha value is -2.94. The number of hydrogen-bond acceptors (Lipinski definition) is 5. The van der Waals surface area contributed by atoms with Crippen LogP contribution in [0.2, 0.25) is 5.02 Å². The number of aromatic nitrogens is 4. The van der Waals surface area contributed by atoms with Gasteiger partial charge in [0.2, 0.25) is 5.95 Å². The molecular weight excluding hydrogens is 375 g/mol. The Balaban J connectivity index is 2.01. The molecule has 1 aliphatic rings. The molecule has 8 nitrogen and oxygen atoms in total. The van der Waals surface area contributed by atoms with E-state index in [0.29, 0.717) is 5.95 Å². The summed E-state index contributed by atoms with van der Waals surface area (Å²) in [5, 5.41) is 4.31. The van der Waals surface area contributed by atoms with E-state index in [1.54, 1.807) is 4.57 Å². The minimum Gasteiger partial charge on any atom is -0.294 e. The van der Waals surface area contributed by atoms with Crippen molar-refractivity contribution in [1.29, 1.82) is 0 Å². The number of rotatable bonds is 2. The van der Waals surface area contributed by atoms with Crippen molar-refractivity contribution in [2.24, 2.45) is 12.1 Å². The third-order valence-corrected chi connectivity index (χ3v) is 5.23. The summed E-state index contributed by atoms with van der Waals surface area (Å²) in [4.78, 5) is 30.3. The van der Waals surface area contributed by atoms with Gasteiger partial charge in [0.25, 0.3) is 5.56 Å². The van der Waals surface area contributed by atoms with E-state index >= 15 is 0 Å². The van der Waals surface area contributed by atoms with E-state index < -0.39 is 17.1 Å². The zero-order valence-corrected chi connectivity index (χ0v) is 15.6. The number of anilines is 1. The number of halogens is 2. The van der Waals surface area contributed by atoms with Gasteiger partial charge < -0.3 is 0 Å². The first-order valence-electron chi connectivity index (χ1n) is 8.26. The average Bonchev–Trinajstić information content (AvgIpc) is 3.03. The molecular formula is C17H16ClFN6O2. The van der Waals surface area contributed by atoms with Crippen molar-refractivity contribution >= 4 is 34.4 Å². The van der Waals surface area contributed by atoms with Gasteiger partial charge in [-0.2, -0.15) is 10.1 Å². The Labute approximate surface area is 157 Å². The molecule has 3 aromatic rings. The number of aryl methyl sites for hydroxylation is 1. The predicted molar refractivity (Wildman–Crippen MR) is 101 cm³/mol. The first-order chi connectivity index (χ1) is 12.8. The minimum atomic E-state index is -0.604. The van der Waals surface area contributed by atoms with Crippen molar-refractivity contribution in [3.8, 4) is 0 Å². The lowest BCUT2D eigenvalue weighted by atomic mass is 10.2. The number of nitrogens with one attached hydrogen (secondary N) is 1. The summed E-state index contributed by atoms with van der Waals surface area (Å²) < 4.78 is 18.1. The van der Waals surface area contributed by atoms with E-state index in [1.807, 2.05) is 13.8 Å². The highest BCUT2D eigenvalue weighted by Gasteiger charge is 2.27. The van der Waals surface area contributed by atoms with Crippen LogP contribution in [-0.4, -0.2) is 24.4 Å². The van der Waals surface area contributed by atoms with Gasteiger partial charge in [-0.15, -0.1) is 0 Å². The van der Waals surface area contributed by atoms with E-state index in [0.717, 1.165) is 10.3 Å². The number of nitrogens with zero attached hydrogens (tertiary/aromatic N) is 5. The third-order valence-electron chi connectivity index (χ3n) is 4.88. The fraction of sp³-hybridized carbons (Fsp3) is 0.294. The molecule has 1 N–H and O–H groups in total. The van der Waals surface area contributed by atoms with Gasteiger partial charge in [0.15, 0.2) is 11.2 Å². The molecule has 0 fully saturated rings. The van der Waals surface area contributed by atoms with Gasteiger partial charge in [0.05, 0.1) is 18.3 Å². The number of hydrogen-bond donors (Lipinski definition) is 1. The molecule has 1 aromatic carbocycles. The van der Waals surface area contributed by atoms with Gasteiger partial charge in [0.1, 0.15) is 5.82 Å². The first kappa shape index (κ1) is 17.5. The Bertz CT molecular complexity index is 1220. The number of fused-ring (bicyclic) bond motifs is 3. The lowest BCUT2D eigenvalue weighted by Crippen LogP contribution is -2.40. The van der Waals surface area contributed by atoms with Crippen molar-refractivity contribution in [3.63, 3.8) is 0 Å². The monoisotopic (exact) mass is 390 g/mol. The molecule has 2 aromatic heterocycles. The SMILES string of the molecule is CC1=NNc2nc3c(c(=O)n(Cc4c(F)cccc4Cl)c(=O)n3C)n2[C@H]1C. The number of benzene rings is 1. The van der Waals surface area contributed by atoms with Crippen LogP contribution in [0.3, 0.4) is 0 Å². The van der Waals surface area contributed by atoms with Crippen molar-refractivity contribution in [2.75, 3.05) is 5.43 Å². The number of hydrazone groups is 1. The van der Waals surface area contributed by atoms with Gasteiger partial charge >= 0.3 is 5.69 Å². The molecule has 0 saturated heterocycles. The van der Waals surface area contributed by atoms with Gasteiger partial charge in [-0.25, -0.2) is 14.6 Å². The molecule has 0 aliphatic carbocycles. The molecule has 10 heteroatoms. The van der Waals surface area contributed by atoms with Gasteiger partial charge in [-0.3, -0.25) is 18.5 Å². The molecule has 0 saturated carbocycles. The highest BCUT2D eigenvalue weighted by atomic mass is 35.5. The van der Waals surface area contributed by atoms with Crippen LogP contribution in [0.25, 0.3) is 11.2 Å². The first-order valence-corrected chi connectivity index (χ1v) is 8.64. The van der Waals surface area contributed by atoms with Crippen molar-refractivity contribution in [3.05, 3.63) is 55.4 Å². The summed E-state index contributed by atoms with van der Waals surface area (Å²) >= 11 is 6.07. The summed E-state index contributed by atoms with van der Waals surface area (Å²) in [5.41, 5.74) is 2.95. The van der Waals surface area contributed by atoms with Crippen LogP contribution >= 0.6 is 11.6 Å².